The van der Waals surface area contributed by atoms with Gasteiger partial charge in [-0.15, -0.1) is 0 Å². The van der Waals surface area contributed by atoms with Crippen LogP contribution in [0.2, 0.25) is 0 Å². The number of hydrogen-bond acceptors (Lipinski definition) is 2. The monoisotopic (exact) mass is 282 g/mol. The molecule has 0 radical (unpaired) electrons. The summed E-state index contributed by atoms with van der Waals surface area (Å²) in [6, 6.07) is -0.223. The first-order valence-corrected chi connectivity index (χ1v) is 7.17. The molecule has 20 heavy (non-hydrogen) atoms. The highest BCUT2D eigenvalue weighted by Crippen LogP contribution is 2.29. The normalized spacial score (nSPS) is 17.4. The zero-order chi connectivity index (χ0) is 15.3. The molecular formula is C15H26N2O3. The third-order valence-corrected chi connectivity index (χ3v) is 3.62. The van der Waals surface area contributed by atoms with Crippen LogP contribution in [0, 0.1) is 5.41 Å². The van der Waals surface area contributed by atoms with Crippen molar-refractivity contribution in [2.45, 2.75) is 53.0 Å². The van der Waals surface area contributed by atoms with Crippen LogP contribution in [-0.4, -0.2) is 41.1 Å². The lowest BCUT2D eigenvalue weighted by molar-refractivity contribution is -0.137. The molecule has 1 rings (SSSR count). The number of rotatable bonds is 4. The van der Waals surface area contributed by atoms with Crippen molar-refractivity contribution < 1.29 is 14.7 Å². The third kappa shape index (κ3) is 5.23. The maximum atomic E-state index is 12.0. The predicted octanol–water partition coefficient (Wildman–Crippen LogP) is 2.63. The summed E-state index contributed by atoms with van der Waals surface area (Å²) in [5, 5.41) is 11.5. The molecule has 0 aliphatic carbocycles. The standard InChI is InChI=1S/C15H26N2O3/c1-11(5-6-13(18)19)16-14(20)17-9-7-12(8-10-17)15(2,3)4/h7,11H,5-6,8-10H2,1-4H3,(H,16,20)(H,18,19). The predicted molar refractivity (Wildman–Crippen MR) is 78.6 cm³/mol. The highest BCUT2D eigenvalue weighted by molar-refractivity contribution is 5.75. The molecule has 1 aliphatic rings. The number of hydrogen-bond donors (Lipinski definition) is 2. The summed E-state index contributed by atoms with van der Waals surface area (Å²) >= 11 is 0. The molecule has 0 aromatic carbocycles. The Morgan fingerprint density at radius 3 is 2.55 bits per heavy atom. The number of urea groups is 1. The van der Waals surface area contributed by atoms with Crippen molar-refractivity contribution in [3.05, 3.63) is 11.6 Å². The van der Waals surface area contributed by atoms with E-state index in [0.717, 1.165) is 13.0 Å². The Hall–Kier alpha value is -1.52. The van der Waals surface area contributed by atoms with Crippen LogP contribution in [0.1, 0.15) is 47.0 Å². The molecule has 0 bridgehead atoms. The summed E-state index contributed by atoms with van der Waals surface area (Å²) in [6.45, 7) is 9.74. The van der Waals surface area contributed by atoms with Crippen LogP contribution in [0.5, 0.6) is 0 Å². The number of carbonyl (C=O) groups excluding carboxylic acids is 1. The average Bonchev–Trinajstić information content (AvgIpc) is 2.35. The molecule has 2 N–H and O–H groups in total. The van der Waals surface area contributed by atoms with Crippen LogP contribution in [0.15, 0.2) is 11.6 Å². The number of nitrogens with zero attached hydrogens (tertiary/aromatic N) is 1. The second-order valence-electron chi connectivity index (χ2n) is 6.46. The van der Waals surface area contributed by atoms with Gasteiger partial charge in [0.2, 0.25) is 0 Å². The van der Waals surface area contributed by atoms with Crippen LogP contribution in [0.3, 0.4) is 0 Å². The first-order valence-electron chi connectivity index (χ1n) is 7.17. The molecule has 5 nitrogen and oxygen atoms in total. The summed E-state index contributed by atoms with van der Waals surface area (Å²) in [6.07, 6.45) is 3.57. The van der Waals surface area contributed by atoms with Crippen molar-refractivity contribution in [2.24, 2.45) is 5.41 Å². The van der Waals surface area contributed by atoms with E-state index in [0.29, 0.717) is 13.0 Å². The molecule has 114 valence electrons. The average molecular weight is 282 g/mol. The largest absolute Gasteiger partial charge is 0.481 e. The van der Waals surface area contributed by atoms with Gasteiger partial charge in [-0.05, 0) is 25.2 Å². The van der Waals surface area contributed by atoms with Crippen molar-refractivity contribution in [1.29, 1.82) is 0 Å². The number of carboxylic acids is 1. The number of nitrogens with one attached hydrogen (secondary N) is 1. The highest BCUT2D eigenvalue weighted by Gasteiger charge is 2.24. The van der Waals surface area contributed by atoms with E-state index in [-0.39, 0.29) is 23.9 Å². The minimum absolute atomic E-state index is 0.0789. The van der Waals surface area contributed by atoms with Crippen molar-refractivity contribution in [3.63, 3.8) is 0 Å². The van der Waals surface area contributed by atoms with Crippen molar-refractivity contribution in [1.82, 2.24) is 10.2 Å². The van der Waals surface area contributed by atoms with E-state index in [9.17, 15) is 9.59 Å². The zero-order valence-electron chi connectivity index (χ0n) is 12.9. The van der Waals surface area contributed by atoms with E-state index in [2.05, 4.69) is 32.2 Å². The molecule has 2 amide bonds. The lowest BCUT2D eigenvalue weighted by Crippen LogP contribution is -2.46. The molecule has 1 aliphatic heterocycles. The Kier molecular flexibility index (Phi) is 5.60. The molecule has 0 aromatic heterocycles. The summed E-state index contributed by atoms with van der Waals surface area (Å²) in [4.78, 5) is 24.3. The Balaban J connectivity index is 2.43. The van der Waals surface area contributed by atoms with E-state index in [1.807, 2.05) is 6.92 Å². The van der Waals surface area contributed by atoms with Gasteiger partial charge in [-0.1, -0.05) is 32.4 Å². The summed E-state index contributed by atoms with van der Waals surface area (Å²) in [7, 11) is 0. The third-order valence-electron chi connectivity index (χ3n) is 3.62. The molecule has 1 unspecified atom stereocenters. The van der Waals surface area contributed by atoms with Gasteiger partial charge < -0.3 is 15.3 Å². The molecule has 0 spiro atoms. The number of amides is 2. The van der Waals surface area contributed by atoms with E-state index in [1.165, 1.54) is 5.57 Å². The molecule has 0 saturated carbocycles. The van der Waals surface area contributed by atoms with E-state index in [4.69, 9.17) is 5.11 Å². The van der Waals surface area contributed by atoms with Gasteiger partial charge in [-0.3, -0.25) is 4.79 Å². The summed E-state index contributed by atoms with van der Waals surface area (Å²) in [5.74, 6) is -0.832. The lowest BCUT2D eigenvalue weighted by Gasteiger charge is -2.32. The van der Waals surface area contributed by atoms with E-state index >= 15 is 0 Å². The van der Waals surface area contributed by atoms with Crippen LogP contribution in [0.4, 0.5) is 4.79 Å². The molecule has 0 aromatic rings. The van der Waals surface area contributed by atoms with Crippen molar-refractivity contribution >= 4 is 12.0 Å². The Labute approximate surface area is 121 Å². The van der Waals surface area contributed by atoms with Gasteiger partial charge in [0.15, 0.2) is 0 Å². The minimum atomic E-state index is -0.832. The number of aliphatic carboxylic acids is 1. The van der Waals surface area contributed by atoms with Gasteiger partial charge in [0.25, 0.3) is 0 Å². The molecule has 1 heterocycles. The molecule has 0 saturated heterocycles. The van der Waals surface area contributed by atoms with Crippen LogP contribution in [-0.2, 0) is 4.79 Å². The van der Waals surface area contributed by atoms with Gasteiger partial charge in [0.1, 0.15) is 0 Å². The topological polar surface area (TPSA) is 69.6 Å². The summed E-state index contributed by atoms with van der Waals surface area (Å²) < 4.78 is 0. The SMILES string of the molecule is CC(CCC(=O)O)NC(=O)N1CC=C(C(C)(C)C)CC1. The van der Waals surface area contributed by atoms with Crippen LogP contribution in [0.25, 0.3) is 0 Å². The molecule has 1 atom stereocenters. The van der Waals surface area contributed by atoms with Crippen LogP contribution >= 0.6 is 0 Å². The Morgan fingerprint density at radius 2 is 2.10 bits per heavy atom. The maximum Gasteiger partial charge on any atom is 0.317 e. The van der Waals surface area contributed by atoms with Crippen molar-refractivity contribution in [2.75, 3.05) is 13.1 Å². The number of carbonyl (C=O) groups is 2. The van der Waals surface area contributed by atoms with Gasteiger partial charge in [0, 0.05) is 25.6 Å². The maximum absolute atomic E-state index is 12.0. The van der Waals surface area contributed by atoms with Gasteiger partial charge >= 0.3 is 12.0 Å². The Morgan fingerprint density at radius 1 is 1.45 bits per heavy atom. The second kappa shape index (κ2) is 6.77. The first-order chi connectivity index (χ1) is 9.20. The smallest absolute Gasteiger partial charge is 0.317 e. The molecule has 5 heteroatoms. The molecular weight excluding hydrogens is 256 g/mol. The van der Waals surface area contributed by atoms with E-state index in [1.54, 1.807) is 4.90 Å². The van der Waals surface area contributed by atoms with Gasteiger partial charge in [0.05, 0.1) is 0 Å². The number of carboxylic acid groups (broad SMARTS) is 1. The Bertz CT molecular complexity index is 396. The molecule has 0 fully saturated rings. The highest BCUT2D eigenvalue weighted by atomic mass is 16.4. The first kappa shape index (κ1) is 16.5. The van der Waals surface area contributed by atoms with Crippen molar-refractivity contribution in [3.8, 4) is 0 Å². The fourth-order valence-electron chi connectivity index (χ4n) is 2.25. The lowest BCUT2D eigenvalue weighted by atomic mass is 9.83. The van der Waals surface area contributed by atoms with Crippen LogP contribution < -0.4 is 5.32 Å². The summed E-state index contributed by atoms with van der Waals surface area (Å²) in [5.41, 5.74) is 1.55. The fourth-order valence-corrected chi connectivity index (χ4v) is 2.25. The zero-order valence-corrected chi connectivity index (χ0v) is 12.9. The van der Waals surface area contributed by atoms with E-state index < -0.39 is 5.97 Å². The van der Waals surface area contributed by atoms with Gasteiger partial charge in [-0.25, -0.2) is 4.79 Å². The fraction of sp³-hybridized carbons (Fsp3) is 0.733. The quantitative estimate of drug-likeness (QED) is 0.779. The minimum Gasteiger partial charge on any atom is -0.481 e. The second-order valence-corrected chi connectivity index (χ2v) is 6.46. The van der Waals surface area contributed by atoms with Gasteiger partial charge in [-0.2, -0.15) is 0 Å².